The van der Waals surface area contributed by atoms with E-state index in [9.17, 15) is 9.65 Å². The summed E-state index contributed by atoms with van der Waals surface area (Å²) in [7, 11) is 0. The predicted molar refractivity (Wildman–Crippen MR) is 97.5 cm³/mol. The van der Waals surface area contributed by atoms with Gasteiger partial charge >= 0.3 is 0 Å². The monoisotopic (exact) mass is 341 g/mol. The summed E-state index contributed by atoms with van der Waals surface area (Å²) in [6.45, 7) is 4.27. The van der Waals surface area contributed by atoms with Gasteiger partial charge in [-0.25, -0.2) is 4.39 Å². The first-order valence-corrected chi connectivity index (χ1v) is 7.44. The first-order valence-electron chi connectivity index (χ1n) is 7.44. The highest BCUT2D eigenvalue weighted by Gasteiger charge is 2.10. The van der Waals surface area contributed by atoms with Crippen LogP contribution in [0.15, 0.2) is 48.7 Å². The van der Waals surface area contributed by atoms with Gasteiger partial charge in [0.15, 0.2) is 0 Å². The van der Waals surface area contributed by atoms with E-state index in [0.29, 0.717) is 28.1 Å². The molecule has 0 bridgehead atoms. The van der Waals surface area contributed by atoms with Crippen molar-refractivity contribution in [2.75, 3.05) is 5.32 Å². The maximum Gasteiger partial charge on any atom is 0.124 e. The zero-order valence-electron chi connectivity index (χ0n) is 13.4. The Kier molecular flexibility index (Phi) is 5.38. The van der Waals surface area contributed by atoms with Crippen LogP contribution in [0.3, 0.4) is 0 Å². The molecule has 3 nitrogen and oxygen atoms in total. The lowest BCUT2D eigenvalue weighted by molar-refractivity contribution is 0.629. The van der Waals surface area contributed by atoms with Crippen LogP contribution in [0.2, 0.25) is 0 Å². The van der Waals surface area contributed by atoms with E-state index in [2.05, 4.69) is 30.2 Å². The van der Waals surface area contributed by atoms with Gasteiger partial charge < -0.3 is 5.32 Å². The second-order valence-corrected chi connectivity index (χ2v) is 5.72. The minimum Gasteiger partial charge on any atom is -0.354 e. The number of nitriles is 1. The highest BCUT2D eigenvalue weighted by Crippen LogP contribution is 2.29. The Morgan fingerprint density at radius 3 is 2.46 bits per heavy atom. The zero-order valence-corrected chi connectivity index (χ0v) is 14.2. The molecule has 0 spiro atoms. The van der Waals surface area contributed by atoms with E-state index in [1.807, 2.05) is 24.3 Å². The Morgan fingerprint density at radius 1 is 1.12 bits per heavy atom. The van der Waals surface area contributed by atoms with Gasteiger partial charge in [0.1, 0.15) is 11.9 Å². The second-order valence-electron chi connectivity index (χ2n) is 5.72. The Hall–Kier alpha value is -2.64. The van der Waals surface area contributed by atoms with Crippen LogP contribution in [0.1, 0.15) is 30.9 Å². The average molecular weight is 342 g/mol. The van der Waals surface area contributed by atoms with Crippen molar-refractivity contribution >= 4 is 34.7 Å². The van der Waals surface area contributed by atoms with E-state index in [-0.39, 0.29) is 18.2 Å². The van der Waals surface area contributed by atoms with Gasteiger partial charge in [-0.2, -0.15) is 5.26 Å². The van der Waals surface area contributed by atoms with E-state index in [0.717, 1.165) is 5.69 Å². The molecule has 1 heterocycles. The van der Waals surface area contributed by atoms with Gasteiger partial charge in [-0.1, -0.05) is 26.0 Å². The quantitative estimate of drug-likeness (QED) is 0.681. The molecule has 5 heteroatoms. The summed E-state index contributed by atoms with van der Waals surface area (Å²) in [4.78, 5) is 4.20. The molecule has 3 aromatic rings. The number of benzene rings is 2. The summed E-state index contributed by atoms with van der Waals surface area (Å²) in [5.74, 6) is 0.0992. The zero-order chi connectivity index (χ0) is 16.4. The molecule has 0 amide bonds. The summed E-state index contributed by atoms with van der Waals surface area (Å²) < 4.78 is 13.6. The smallest absolute Gasteiger partial charge is 0.124 e. The molecule has 0 aliphatic rings. The van der Waals surface area contributed by atoms with Crippen molar-refractivity contribution in [3.63, 3.8) is 0 Å². The van der Waals surface area contributed by atoms with Crippen molar-refractivity contribution in [1.82, 2.24) is 4.98 Å². The number of halogens is 2. The molecular formula is C19H17ClFN3. The van der Waals surface area contributed by atoms with E-state index < -0.39 is 0 Å². The van der Waals surface area contributed by atoms with Crippen LogP contribution in [-0.4, -0.2) is 4.98 Å². The molecule has 0 radical (unpaired) electrons. The second kappa shape index (κ2) is 7.29. The molecule has 0 atom stereocenters. The van der Waals surface area contributed by atoms with Crippen LogP contribution in [0.4, 0.5) is 15.8 Å². The summed E-state index contributed by atoms with van der Waals surface area (Å²) in [6, 6.07) is 14.5. The lowest BCUT2D eigenvalue weighted by Gasteiger charge is -2.13. The molecule has 24 heavy (non-hydrogen) atoms. The molecule has 122 valence electrons. The summed E-state index contributed by atoms with van der Waals surface area (Å²) >= 11 is 0. The number of pyridine rings is 1. The van der Waals surface area contributed by atoms with Gasteiger partial charge in [0, 0.05) is 17.3 Å². The Morgan fingerprint density at radius 2 is 1.83 bits per heavy atom. The van der Waals surface area contributed by atoms with Gasteiger partial charge in [0.25, 0.3) is 0 Å². The molecule has 0 aliphatic heterocycles. The topological polar surface area (TPSA) is 48.7 Å². The fraction of sp³-hybridized carbons (Fsp3) is 0.158. The lowest BCUT2D eigenvalue weighted by Crippen LogP contribution is -1.97. The van der Waals surface area contributed by atoms with Gasteiger partial charge in [0.05, 0.1) is 16.8 Å². The van der Waals surface area contributed by atoms with Crippen molar-refractivity contribution in [3.05, 3.63) is 65.6 Å². The van der Waals surface area contributed by atoms with Crippen LogP contribution in [0.25, 0.3) is 10.9 Å². The average Bonchev–Trinajstić information content (AvgIpc) is 2.56. The minimum absolute atomic E-state index is 0. The lowest BCUT2D eigenvalue weighted by atomic mass is 10.0. The number of anilines is 2. The highest BCUT2D eigenvalue weighted by molar-refractivity contribution is 5.95. The highest BCUT2D eigenvalue weighted by atomic mass is 35.5. The molecule has 0 unspecified atom stereocenters. The maximum atomic E-state index is 13.6. The Labute approximate surface area is 146 Å². The van der Waals surface area contributed by atoms with Crippen molar-refractivity contribution in [3.8, 4) is 6.07 Å². The van der Waals surface area contributed by atoms with Gasteiger partial charge in [-0.05, 0) is 41.8 Å². The largest absolute Gasteiger partial charge is 0.354 e. The van der Waals surface area contributed by atoms with Crippen molar-refractivity contribution in [1.29, 1.82) is 5.26 Å². The number of hydrogen-bond donors (Lipinski definition) is 1. The summed E-state index contributed by atoms with van der Waals surface area (Å²) in [5, 5.41) is 13.1. The molecule has 0 aliphatic carbocycles. The fourth-order valence-electron chi connectivity index (χ4n) is 2.48. The normalized spacial score (nSPS) is 10.3. The van der Waals surface area contributed by atoms with Crippen LogP contribution in [0.5, 0.6) is 0 Å². The van der Waals surface area contributed by atoms with E-state index in [1.165, 1.54) is 23.9 Å². The number of aromatic nitrogens is 1. The minimum atomic E-state index is -0.354. The van der Waals surface area contributed by atoms with Crippen LogP contribution < -0.4 is 5.32 Å². The van der Waals surface area contributed by atoms with Gasteiger partial charge in [-0.15, -0.1) is 12.4 Å². The summed E-state index contributed by atoms with van der Waals surface area (Å²) in [6.07, 6.45) is 1.51. The van der Waals surface area contributed by atoms with Crippen molar-refractivity contribution in [2.24, 2.45) is 0 Å². The van der Waals surface area contributed by atoms with Crippen LogP contribution in [0, 0.1) is 17.1 Å². The van der Waals surface area contributed by atoms with Crippen LogP contribution in [-0.2, 0) is 0 Å². The van der Waals surface area contributed by atoms with E-state index in [4.69, 9.17) is 0 Å². The van der Waals surface area contributed by atoms with Gasteiger partial charge in [0.2, 0.25) is 0 Å². The van der Waals surface area contributed by atoms with E-state index >= 15 is 0 Å². The van der Waals surface area contributed by atoms with E-state index in [1.54, 1.807) is 6.07 Å². The number of rotatable bonds is 3. The number of nitrogens with one attached hydrogen (secondary N) is 1. The number of fused-ring (bicyclic) bond motifs is 1. The molecule has 1 N–H and O–H groups in total. The first kappa shape index (κ1) is 17.7. The Bertz CT molecular complexity index is 899. The fourth-order valence-corrected chi connectivity index (χ4v) is 2.48. The maximum absolute atomic E-state index is 13.6. The predicted octanol–water partition coefficient (Wildman–Crippen LogP) is 5.53. The number of hydrogen-bond acceptors (Lipinski definition) is 3. The summed E-state index contributed by atoms with van der Waals surface area (Å²) in [5.41, 5.74) is 3.70. The molecule has 0 saturated carbocycles. The third kappa shape index (κ3) is 3.47. The standard InChI is InChI=1S/C19H16FN3.ClH/c1-12(2)13-3-6-16(7-4-13)23-19-14(10-21)11-22-18-8-5-15(20)9-17(18)19;/h3-9,11-12H,1-2H3,(H,22,23);1H. The molecule has 1 aromatic heterocycles. The van der Waals surface area contributed by atoms with Gasteiger partial charge in [-0.3, -0.25) is 4.98 Å². The SMILES string of the molecule is CC(C)c1ccc(Nc2c(C#N)cnc3ccc(F)cc23)cc1.Cl. The van der Waals surface area contributed by atoms with Crippen LogP contribution >= 0.6 is 12.4 Å². The first-order chi connectivity index (χ1) is 11.1. The number of nitrogens with zero attached hydrogens (tertiary/aromatic N) is 2. The third-order valence-corrected chi connectivity index (χ3v) is 3.80. The molecule has 0 fully saturated rings. The molecule has 3 rings (SSSR count). The van der Waals surface area contributed by atoms with Crippen molar-refractivity contribution in [2.45, 2.75) is 19.8 Å². The molecule has 0 saturated heterocycles. The molecular weight excluding hydrogens is 325 g/mol. The third-order valence-electron chi connectivity index (χ3n) is 3.80. The van der Waals surface area contributed by atoms with Crippen molar-refractivity contribution < 1.29 is 4.39 Å². The Balaban J connectivity index is 0.00000208. The molecule has 2 aromatic carbocycles.